The van der Waals surface area contributed by atoms with E-state index >= 15 is 0 Å². The van der Waals surface area contributed by atoms with Crippen molar-refractivity contribution < 1.29 is 9.53 Å². The number of nitriles is 1. The topological polar surface area (TPSA) is 95.8 Å². The second-order valence-corrected chi connectivity index (χ2v) is 6.72. The van der Waals surface area contributed by atoms with Crippen LogP contribution in [-0.2, 0) is 4.74 Å². The maximum Gasteiger partial charge on any atom is 0.339 e. The molecule has 1 N–H and O–H groups in total. The molecule has 0 saturated carbocycles. The molecule has 0 fully saturated rings. The summed E-state index contributed by atoms with van der Waals surface area (Å²) in [6.45, 7) is 1.65. The van der Waals surface area contributed by atoms with Crippen LogP contribution in [0, 0.1) is 11.3 Å². The highest BCUT2D eigenvalue weighted by molar-refractivity contribution is 5.98. The number of carbonyl (C=O) groups is 1. The van der Waals surface area contributed by atoms with Gasteiger partial charge in [-0.3, -0.25) is 4.79 Å². The molecule has 0 amide bonds. The Labute approximate surface area is 172 Å². The van der Waals surface area contributed by atoms with Crippen LogP contribution in [0.5, 0.6) is 0 Å². The number of aromatic nitrogens is 2. The molecule has 0 bridgehead atoms. The van der Waals surface area contributed by atoms with Gasteiger partial charge in [-0.1, -0.05) is 48.5 Å². The normalized spacial score (nSPS) is 11.6. The first-order valence-electron chi connectivity index (χ1n) is 9.37. The predicted molar refractivity (Wildman–Crippen MR) is 113 cm³/mol. The van der Waals surface area contributed by atoms with Gasteiger partial charge in [-0.05, 0) is 36.8 Å². The van der Waals surface area contributed by atoms with Gasteiger partial charge in [0, 0.05) is 5.56 Å². The Balaban J connectivity index is 1.67. The lowest BCUT2D eigenvalue weighted by molar-refractivity contribution is 0.0321. The van der Waals surface area contributed by atoms with Crippen LogP contribution in [0.15, 0.2) is 77.6 Å². The van der Waals surface area contributed by atoms with Crippen LogP contribution in [0.2, 0.25) is 0 Å². The number of ether oxygens (including phenoxy) is 1. The Morgan fingerprint density at radius 3 is 2.47 bits per heavy atom. The van der Waals surface area contributed by atoms with Crippen molar-refractivity contribution in [2.75, 3.05) is 0 Å². The average Bonchev–Trinajstić information content (AvgIpc) is 2.79. The van der Waals surface area contributed by atoms with Crippen molar-refractivity contribution >= 4 is 16.9 Å². The van der Waals surface area contributed by atoms with E-state index in [1.807, 2.05) is 6.07 Å². The van der Waals surface area contributed by atoms with Gasteiger partial charge in [0.05, 0.1) is 28.1 Å². The van der Waals surface area contributed by atoms with E-state index in [0.29, 0.717) is 33.2 Å². The molecule has 6 nitrogen and oxygen atoms in total. The Morgan fingerprint density at radius 1 is 1.00 bits per heavy atom. The van der Waals surface area contributed by atoms with Crippen molar-refractivity contribution in [3.05, 3.63) is 100 Å². The zero-order valence-corrected chi connectivity index (χ0v) is 16.1. The van der Waals surface area contributed by atoms with E-state index in [9.17, 15) is 14.9 Å². The minimum Gasteiger partial charge on any atom is -0.451 e. The molecule has 1 heterocycles. The second kappa shape index (κ2) is 8.02. The number of para-hydroxylation sites is 1. The summed E-state index contributed by atoms with van der Waals surface area (Å²) in [5.74, 6) is -0.302. The lowest BCUT2D eigenvalue weighted by Gasteiger charge is -2.15. The number of H-pyrrole nitrogens is 1. The first kappa shape index (κ1) is 19.1. The van der Waals surface area contributed by atoms with E-state index in [-0.39, 0.29) is 11.4 Å². The molecule has 0 aliphatic heterocycles. The summed E-state index contributed by atoms with van der Waals surface area (Å²) in [6, 6.07) is 23.1. The summed E-state index contributed by atoms with van der Waals surface area (Å²) < 4.78 is 5.61. The number of fused-ring (bicyclic) bond motifs is 1. The summed E-state index contributed by atoms with van der Waals surface area (Å²) in [5.41, 5.74) is 2.29. The zero-order valence-electron chi connectivity index (χ0n) is 16.1. The summed E-state index contributed by atoms with van der Waals surface area (Å²) in [6.07, 6.45) is -0.769. The van der Waals surface area contributed by atoms with Crippen LogP contribution in [0.1, 0.15) is 34.8 Å². The SMILES string of the molecule is C[C@H](OC(=O)c1ccccc1-c1ccccc1C#N)c1nc2ccccc2c(=O)[nH]1. The Morgan fingerprint density at radius 2 is 1.67 bits per heavy atom. The number of hydrogen-bond donors (Lipinski definition) is 1. The third-order valence-electron chi connectivity index (χ3n) is 4.78. The van der Waals surface area contributed by atoms with Gasteiger partial charge in [-0.15, -0.1) is 0 Å². The lowest BCUT2D eigenvalue weighted by Crippen LogP contribution is -2.17. The number of esters is 1. The minimum atomic E-state index is -0.769. The molecular formula is C24H17N3O3. The van der Waals surface area contributed by atoms with Crippen LogP contribution in [0.3, 0.4) is 0 Å². The summed E-state index contributed by atoms with van der Waals surface area (Å²) in [5, 5.41) is 9.88. The second-order valence-electron chi connectivity index (χ2n) is 6.72. The predicted octanol–water partition coefficient (Wildman–Crippen LogP) is 4.38. The summed E-state index contributed by atoms with van der Waals surface area (Å²) in [4.78, 5) is 32.3. The van der Waals surface area contributed by atoms with E-state index in [2.05, 4.69) is 16.0 Å². The fourth-order valence-corrected chi connectivity index (χ4v) is 3.29. The van der Waals surface area contributed by atoms with E-state index < -0.39 is 12.1 Å². The van der Waals surface area contributed by atoms with E-state index in [4.69, 9.17) is 4.74 Å². The monoisotopic (exact) mass is 395 g/mol. The standard InChI is InChI=1S/C24H17N3O3/c1-15(22-26-21-13-7-6-12-20(21)23(28)27-22)30-24(29)19-11-5-4-10-18(19)17-9-3-2-8-16(17)14-25/h2-13,15H,1H3,(H,26,27,28)/t15-/m0/s1. The first-order chi connectivity index (χ1) is 14.6. The molecule has 4 rings (SSSR count). The van der Waals surface area contributed by atoms with Crippen LogP contribution in [-0.4, -0.2) is 15.9 Å². The molecule has 1 atom stereocenters. The van der Waals surface area contributed by atoms with E-state index in [0.717, 1.165) is 0 Å². The van der Waals surface area contributed by atoms with Gasteiger partial charge >= 0.3 is 5.97 Å². The van der Waals surface area contributed by atoms with Crippen LogP contribution in [0.4, 0.5) is 0 Å². The molecule has 4 aromatic rings. The molecule has 0 aliphatic carbocycles. The number of hydrogen-bond acceptors (Lipinski definition) is 5. The minimum absolute atomic E-state index is 0.266. The van der Waals surface area contributed by atoms with Crippen molar-refractivity contribution in [2.45, 2.75) is 13.0 Å². The zero-order chi connectivity index (χ0) is 21.1. The number of nitrogens with zero attached hydrogens (tertiary/aromatic N) is 2. The van der Waals surface area contributed by atoms with Gasteiger partial charge in [0.25, 0.3) is 5.56 Å². The number of benzene rings is 3. The van der Waals surface area contributed by atoms with Gasteiger partial charge in [0.2, 0.25) is 0 Å². The van der Waals surface area contributed by atoms with Gasteiger partial charge < -0.3 is 9.72 Å². The Kier molecular flexibility index (Phi) is 5.10. The largest absolute Gasteiger partial charge is 0.451 e. The summed E-state index contributed by atoms with van der Waals surface area (Å²) in [7, 11) is 0. The molecule has 0 spiro atoms. The van der Waals surface area contributed by atoms with Crippen LogP contribution < -0.4 is 5.56 Å². The molecule has 6 heteroatoms. The maximum atomic E-state index is 12.9. The molecule has 0 unspecified atom stereocenters. The smallest absolute Gasteiger partial charge is 0.339 e. The Bertz CT molecular complexity index is 1350. The first-order valence-corrected chi connectivity index (χ1v) is 9.37. The molecule has 146 valence electrons. The van der Waals surface area contributed by atoms with E-state index in [1.54, 1.807) is 73.7 Å². The summed E-state index contributed by atoms with van der Waals surface area (Å²) >= 11 is 0. The fourth-order valence-electron chi connectivity index (χ4n) is 3.29. The molecule has 3 aromatic carbocycles. The fraction of sp³-hybridized carbons (Fsp3) is 0.0833. The molecule has 0 radical (unpaired) electrons. The van der Waals surface area contributed by atoms with Crippen molar-refractivity contribution in [3.63, 3.8) is 0 Å². The van der Waals surface area contributed by atoms with Crippen molar-refractivity contribution in [1.82, 2.24) is 9.97 Å². The Hall–Kier alpha value is -4.24. The van der Waals surface area contributed by atoms with Crippen molar-refractivity contribution in [3.8, 4) is 17.2 Å². The highest BCUT2D eigenvalue weighted by atomic mass is 16.5. The van der Waals surface area contributed by atoms with Gasteiger partial charge in [-0.25, -0.2) is 9.78 Å². The lowest BCUT2D eigenvalue weighted by atomic mass is 9.96. The molecular weight excluding hydrogens is 378 g/mol. The molecule has 1 aromatic heterocycles. The number of rotatable bonds is 4. The van der Waals surface area contributed by atoms with E-state index in [1.165, 1.54) is 0 Å². The molecule has 30 heavy (non-hydrogen) atoms. The number of aromatic amines is 1. The van der Waals surface area contributed by atoms with Crippen LogP contribution in [0.25, 0.3) is 22.0 Å². The van der Waals surface area contributed by atoms with Gasteiger partial charge in [0.1, 0.15) is 0 Å². The van der Waals surface area contributed by atoms with Crippen molar-refractivity contribution in [2.24, 2.45) is 0 Å². The number of nitrogens with one attached hydrogen (secondary N) is 1. The molecule has 0 saturated heterocycles. The molecule has 0 aliphatic rings. The highest BCUT2D eigenvalue weighted by Gasteiger charge is 2.20. The van der Waals surface area contributed by atoms with Crippen molar-refractivity contribution in [1.29, 1.82) is 5.26 Å². The third kappa shape index (κ3) is 3.56. The highest BCUT2D eigenvalue weighted by Crippen LogP contribution is 2.28. The number of carbonyl (C=O) groups excluding carboxylic acids is 1. The van der Waals surface area contributed by atoms with Crippen LogP contribution >= 0.6 is 0 Å². The maximum absolute atomic E-state index is 12.9. The third-order valence-corrected chi connectivity index (χ3v) is 4.78. The van der Waals surface area contributed by atoms with Gasteiger partial charge in [0.15, 0.2) is 11.9 Å². The van der Waals surface area contributed by atoms with Gasteiger partial charge in [-0.2, -0.15) is 5.26 Å². The average molecular weight is 395 g/mol. The quantitative estimate of drug-likeness (QED) is 0.517.